The molecule has 1 amide bonds. The lowest BCUT2D eigenvalue weighted by Crippen LogP contribution is -2.36. The molecule has 2 aromatic rings. The Kier molecular flexibility index (Phi) is 4.67. The summed E-state index contributed by atoms with van der Waals surface area (Å²) in [6.45, 7) is 1.40. The molecule has 1 aromatic carbocycles. The summed E-state index contributed by atoms with van der Waals surface area (Å²) < 4.78 is 15.6. The number of hydrogen-bond acceptors (Lipinski definition) is 4. The van der Waals surface area contributed by atoms with Crippen molar-refractivity contribution in [1.29, 1.82) is 0 Å². The molecule has 122 valence electrons. The van der Waals surface area contributed by atoms with Gasteiger partial charge in [-0.2, -0.15) is 0 Å². The minimum Gasteiger partial charge on any atom is -0.468 e. The standard InChI is InChI=1S/C18H21NO4/c1-21-12-10-13-9-11-19(15-6-4-3-5-14(13)15)18(20)16-7-8-17(22-2)23-16/h3-8,13H,9-12H2,1-2H3. The number of hydrogen-bond donors (Lipinski definition) is 0. The molecule has 5 heteroatoms. The summed E-state index contributed by atoms with van der Waals surface area (Å²) in [7, 11) is 3.23. The van der Waals surface area contributed by atoms with Crippen molar-refractivity contribution in [3.8, 4) is 5.95 Å². The van der Waals surface area contributed by atoms with Gasteiger partial charge in [0, 0.05) is 32.0 Å². The summed E-state index contributed by atoms with van der Waals surface area (Å²) in [5, 5.41) is 0. The van der Waals surface area contributed by atoms with Crippen LogP contribution in [0.25, 0.3) is 0 Å². The summed E-state index contributed by atoms with van der Waals surface area (Å²) in [6, 6.07) is 11.4. The second kappa shape index (κ2) is 6.87. The molecule has 0 aliphatic carbocycles. The normalized spacial score (nSPS) is 17.0. The first kappa shape index (κ1) is 15.6. The van der Waals surface area contributed by atoms with E-state index >= 15 is 0 Å². The Morgan fingerprint density at radius 2 is 2.09 bits per heavy atom. The van der Waals surface area contributed by atoms with Crippen LogP contribution in [-0.2, 0) is 4.74 Å². The van der Waals surface area contributed by atoms with Gasteiger partial charge in [0.15, 0.2) is 5.76 Å². The molecule has 3 rings (SSSR count). The Bertz CT molecular complexity index is 679. The highest BCUT2D eigenvalue weighted by atomic mass is 16.6. The maximum absolute atomic E-state index is 12.8. The van der Waals surface area contributed by atoms with Crippen LogP contribution in [0.3, 0.4) is 0 Å². The zero-order valence-electron chi connectivity index (χ0n) is 13.5. The molecule has 0 saturated carbocycles. The van der Waals surface area contributed by atoms with E-state index in [-0.39, 0.29) is 5.91 Å². The fourth-order valence-electron chi connectivity index (χ4n) is 3.09. The van der Waals surface area contributed by atoms with Crippen LogP contribution in [0.5, 0.6) is 5.95 Å². The Morgan fingerprint density at radius 3 is 2.83 bits per heavy atom. The van der Waals surface area contributed by atoms with Crippen molar-refractivity contribution < 1.29 is 18.7 Å². The van der Waals surface area contributed by atoms with Crippen molar-refractivity contribution >= 4 is 11.6 Å². The van der Waals surface area contributed by atoms with Gasteiger partial charge in [-0.25, -0.2) is 0 Å². The minimum absolute atomic E-state index is 0.133. The largest absolute Gasteiger partial charge is 0.468 e. The Labute approximate surface area is 135 Å². The molecule has 5 nitrogen and oxygen atoms in total. The van der Waals surface area contributed by atoms with E-state index in [0.29, 0.717) is 24.2 Å². The van der Waals surface area contributed by atoms with Crippen LogP contribution >= 0.6 is 0 Å². The van der Waals surface area contributed by atoms with E-state index < -0.39 is 0 Å². The third-order valence-corrected chi connectivity index (χ3v) is 4.28. The Balaban J connectivity index is 1.87. The van der Waals surface area contributed by atoms with Crippen LogP contribution < -0.4 is 9.64 Å². The van der Waals surface area contributed by atoms with Crippen LogP contribution in [0, 0.1) is 0 Å². The van der Waals surface area contributed by atoms with E-state index in [0.717, 1.165) is 25.1 Å². The third-order valence-electron chi connectivity index (χ3n) is 4.28. The summed E-state index contributed by atoms with van der Waals surface area (Å²) in [5.74, 6) is 0.927. The Morgan fingerprint density at radius 1 is 1.26 bits per heavy atom. The van der Waals surface area contributed by atoms with Crippen LogP contribution in [0.1, 0.15) is 34.9 Å². The Hall–Kier alpha value is -2.27. The highest BCUT2D eigenvalue weighted by molar-refractivity contribution is 6.05. The van der Waals surface area contributed by atoms with Gasteiger partial charge < -0.3 is 18.8 Å². The van der Waals surface area contributed by atoms with Crippen molar-refractivity contribution in [3.63, 3.8) is 0 Å². The lowest BCUT2D eigenvalue weighted by Gasteiger charge is -2.33. The molecule has 0 N–H and O–H groups in total. The molecule has 23 heavy (non-hydrogen) atoms. The van der Waals surface area contributed by atoms with Gasteiger partial charge in [0.2, 0.25) is 0 Å². The maximum atomic E-state index is 12.8. The number of fused-ring (bicyclic) bond motifs is 1. The van der Waals surface area contributed by atoms with E-state index in [1.54, 1.807) is 24.1 Å². The van der Waals surface area contributed by atoms with E-state index in [4.69, 9.17) is 13.9 Å². The van der Waals surface area contributed by atoms with Crippen LogP contribution in [0.4, 0.5) is 5.69 Å². The monoisotopic (exact) mass is 315 g/mol. The van der Waals surface area contributed by atoms with Crippen molar-refractivity contribution in [3.05, 3.63) is 47.7 Å². The zero-order valence-corrected chi connectivity index (χ0v) is 13.5. The predicted molar refractivity (Wildman–Crippen MR) is 87.2 cm³/mol. The first-order valence-corrected chi connectivity index (χ1v) is 7.78. The minimum atomic E-state index is -0.133. The molecule has 0 fully saturated rings. The number of nitrogens with zero attached hydrogens (tertiary/aromatic N) is 1. The summed E-state index contributed by atoms with van der Waals surface area (Å²) in [4.78, 5) is 14.6. The quantitative estimate of drug-likeness (QED) is 0.848. The smallest absolute Gasteiger partial charge is 0.294 e. The number of ether oxygens (including phenoxy) is 2. The SMILES string of the molecule is COCCC1CCN(C(=O)c2ccc(OC)o2)c2ccccc21. The van der Waals surface area contributed by atoms with Crippen molar-refractivity contribution in [2.45, 2.75) is 18.8 Å². The van der Waals surface area contributed by atoms with E-state index in [1.807, 2.05) is 18.2 Å². The number of carbonyl (C=O) groups excluding carboxylic acids is 1. The second-order valence-electron chi connectivity index (χ2n) is 5.61. The molecule has 1 unspecified atom stereocenters. The molecule has 1 aliphatic rings. The van der Waals surface area contributed by atoms with Crippen LogP contribution in [0.15, 0.2) is 40.8 Å². The summed E-state index contributed by atoms with van der Waals surface area (Å²) in [6.07, 6.45) is 1.88. The first-order chi connectivity index (χ1) is 11.2. The van der Waals surface area contributed by atoms with Crippen LogP contribution in [-0.4, -0.2) is 33.3 Å². The highest BCUT2D eigenvalue weighted by Crippen LogP contribution is 2.38. The van der Waals surface area contributed by atoms with Gasteiger partial charge in [0.1, 0.15) is 0 Å². The van der Waals surface area contributed by atoms with Gasteiger partial charge >= 0.3 is 0 Å². The van der Waals surface area contributed by atoms with Gasteiger partial charge in [-0.3, -0.25) is 4.79 Å². The molecule has 2 heterocycles. The van der Waals surface area contributed by atoms with Crippen molar-refractivity contribution in [2.24, 2.45) is 0 Å². The van der Waals surface area contributed by atoms with E-state index in [2.05, 4.69) is 6.07 Å². The van der Waals surface area contributed by atoms with Crippen molar-refractivity contribution in [1.82, 2.24) is 0 Å². The van der Waals surface area contributed by atoms with E-state index in [1.165, 1.54) is 12.7 Å². The number of rotatable bonds is 5. The predicted octanol–water partition coefficient (Wildman–Crippen LogP) is 3.46. The molecule has 0 spiro atoms. The molecular weight excluding hydrogens is 294 g/mol. The molecular formula is C18H21NO4. The number of benzene rings is 1. The lowest BCUT2D eigenvalue weighted by atomic mass is 9.87. The first-order valence-electron chi connectivity index (χ1n) is 7.78. The molecule has 1 aromatic heterocycles. The molecule has 1 atom stereocenters. The maximum Gasteiger partial charge on any atom is 0.294 e. The number of amides is 1. The average molecular weight is 315 g/mol. The summed E-state index contributed by atoms with van der Waals surface area (Å²) in [5.41, 5.74) is 2.16. The van der Waals surface area contributed by atoms with Gasteiger partial charge in [-0.15, -0.1) is 0 Å². The van der Waals surface area contributed by atoms with Gasteiger partial charge in [-0.05, 0) is 36.5 Å². The molecule has 0 bridgehead atoms. The highest BCUT2D eigenvalue weighted by Gasteiger charge is 2.30. The van der Waals surface area contributed by atoms with Crippen molar-refractivity contribution in [2.75, 3.05) is 32.3 Å². The molecule has 0 saturated heterocycles. The number of methoxy groups -OCH3 is 2. The van der Waals surface area contributed by atoms with Crippen LogP contribution in [0.2, 0.25) is 0 Å². The molecule has 1 aliphatic heterocycles. The van der Waals surface area contributed by atoms with Gasteiger partial charge in [0.05, 0.1) is 7.11 Å². The average Bonchev–Trinajstić information content (AvgIpc) is 3.08. The fraction of sp³-hybridized carbons (Fsp3) is 0.389. The van der Waals surface area contributed by atoms with Gasteiger partial charge in [0.25, 0.3) is 11.9 Å². The number of anilines is 1. The van der Waals surface area contributed by atoms with E-state index in [9.17, 15) is 4.79 Å². The third kappa shape index (κ3) is 3.10. The second-order valence-corrected chi connectivity index (χ2v) is 5.61. The fourth-order valence-corrected chi connectivity index (χ4v) is 3.09. The molecule has 0 radical (unpaired) electrons. The number of para-hydroxylation sites is 1. The summed E-state index contributed by atoms with van der Waals surface area (Å²) >= 11 is 0. The number of furan rings is 1. The van der Waals surface area contributed by atoms with Gasteiger partial charge in [-0.1, -0.05) is 18.2 Å². The lowest BCUT2D eigenvalue weighted by molar-refractivity contribution is 0.0950. The topological polar surface area (TPSA) is 51.9 Å². The zero-order chi connectivity index (χ0) is 16.2. The number of carbonyl (C=O) groups is 1.